The second-order valence-corrected chi connectivity index (χ2v) is 7.45. The van der Waals surface area contributed by atoms with E-state index >= 15 is 0 Å². The predicted molar refractivity (Wildman–Crippen MR) is 91.3 cm³/mol. The Kier molecular flexibility index (Phi) is 5.32. The third-order valence-electron chi connectivity index (χ3n) is 3.65. The highest BCUT2D eigenvalue weighted by Crippen LogP contribution is 2.32. The highest BCUT2D eigenvalue weighted by atomic mass is 32.2. The Labute approximate surface area is 146 Å². The van der Waals surface area contributed by atoms with Crippen molar-refractivity contribution in [1.29, 1.82) is 0 Å². The molecular formula is C15H16N2O5S2. The molecule has 128 valence electrons. The van der Waals surface area contributed by atoms with Gasteiger partial charge in [0.2, 0.25) is 5.91 Å². The van der Waals surface area contributed by atoms with Crippen molar-refractivity contribution in [2.45, 2.75) is 18.6 Å². The number of imide groups is 1. The summed E-state index contributed by atoms with van der Waals surface area (Å²) in [7, 11) is 0. The maximum atomic E-state index is 12.3. The average Bonchev–Trinajstić information content (AvgIpc) is 3.24. The molecule has 1 aromatic heterocycles. The van der Waals surface area contributed by atoms with Crippen LogP contribution in [0.5, 0.6) is 0 Å². The van der Waals surface area contributed by atoms with Crippen molar-refractivity contribution in [3.05, 3.63) is 29.1 Å². The number of furan rings is 1. The summed E-state index contributed by atoms with van der Waals surface area (Å²) in [5.74, 6) is 1.05. The molecule has 0 saturated carbocycles. The fourth-order valence-corrected chi connectivity index (χ4v) is 4.38. The first-order valence-electron chi connectivity index (χ1n) is 7.38. The number of rotatable bonds is 5. The highest BCUT2D eigenvalue weighted by Gasteiger charge is 2.35. The molecule has 3 amide bonds. The smallest absolute Gasteiger partial charge is 0.293 e. The molecule has 3 heterocycles. The number of carbonyl (C=O) groups excluding carboxylic acids is 3. The largest absolute Gasteiger partial charge is 0.465 e. The van der Waals surface area contributed by atoms with E-state index in [4.69, 9.17) is 4.42 Å². The number of nitrogens with zero attached hydrogens (tertiary/aromatic N) is 1. The van der Waals surface area contributed by atoms with Gasteiger partial charge in [0, 0.05) is 30.5 Å². The van der Waals surface area contributed by atoms with E-state index < -0.39 is 17.3 Å². The van der Waals surface area contributed by atoms with Gasteiger partial charge in [-0.15, -0.1) is 0 Å². The number of aliphatic hydroxyl groups is 1. The van der Waals surface area contributed by atoms with Crippen molar-refractivity contribution in [3.63, 3.8) is 0 Å². The minimum atomic E-state index is -0.549. The first-order chi connectivity index (χ1) is 11.5. The molecule has 2 aliphatic heterocycles. The molecule has 0 unspecified atom stereocenters. The van der Waals surface area contributed by atoms with E-state index in [0.29, 0.717) is 17.3 Å². The third-order valence-corrected chi connectivity index (χ3v) is 5.73. The van der Waals surface area contributed by atoms with E-state index in [1.165, 1.54) is 12.3 Å². The van der Waals surface area contributed by atoms with Crippen molar-refractivity contribution in [3.8, 4) is 0 Å². The van der Waals surface area contributed by atoms with Crippen LogP contribution in [0.3, 0.4) is 0 Å². The summed E-state index contributed by atoms with van der Waals surface area (Å²) in [5.41, 5.74) is 0. The third kappa shape index (κ3) is 3.85. The minimum absolute atomic E-state index is 0.0138. The number of amides is 3. The molecule has 0 radical (unpaired) electrons. The van der Waals surface area contributed by atoms with Crippen LogP contribution in [0.15, 0.2) is 27.7 Å². The van der Waals surface area contributed by atoms with Crippen molar-refractivity contribution < 1.29 is 23.9 Å². The zero-order valence-corrected chi connectivity index (χ0v) is 14.3. The summed E-state index contributed by atoms with van der Waals surface area (Å²) in [6.45, 7) is 0.0158. The molecule has 0 spiro atoms. The van der Waals surface area contributed by atoms with Crippen LogP contribution in [0.25, 0.3) is 6.08 Å². The second-order valence-electron chi connectivity index (χ2n) is 5.38. The average molecular weight is 368 g/mol. The molecule has 9 heteroatoms. The number of nitrogens with one attached hydrogen (secondary N) is 1. The summed E-state index contributed by atoms with van der Waals surface area (Å²) in [6.07, 6.45) is 2.46. The lowest BCUT2D eigenvalue weighted by Gasteiger charge is -2.17. The fraction of sp³-hybridized carbons (Fsp3) is 0.400. The normalized spacial score (nSPS) is 25.7. The van der Waals surface area contributed by atoms with Crippen LogP contribution in [0.1, 0.15) is 12.2 Å². The SMILES string of the molecule is O=C(CCN1C(=O)S/C(=C\c2ccco2)C1=O)N[C@@H]1CSC[C@H]1O. The fourth-order valence-electron chi connectivity index (χ4n) is 2.37. The van der Waals surface area contributed by atoms with Crippen molar-refractivity contribution in [2.24, 2.45) is 0 Å². The molecule has 1 aromatic rings. The van der Waals surface area contributed by atoms with Gasteiger partial charge in [-0.1, -0.05) is 0 Å². The van der Waals surface area contributed by atoms with Gasteiger partial charge in [0.15, 0.2) is 0 Å². The van der Waals surface area contributed by atoms with Crippen LogP contribution in [-0.4, -0.2) is 57.3 Å². The first-order valence-corrected chi connectivity index (χ1v) is 9.36. The molecule has 0 aromatic carbocycles. The lowest BCUT2D eigenvalue weighted by Crippen LogP contribution is -2.43. The molecule has 2 fully saturated rings. The molecule has 0 aliphatic carbocycles. The van der Waals surface area contributed by atoms with E-state index in [-0.39, 0.29) is 29.8 Å². The van der Waals surface area contributed by atoms with Gasteiger partial charge in [-0.2, -0.15) is 11.8 Å². The van der Waals surface area contributed by atoms with Crippen LogP contribution in [-0.2, 0) is 9.59 Å². The second kappa shape index (κ2) is 7.45. The van der Waals surface area contributed by atoms with Crippen LogP contribution >= 0.6 is 23.5 Å². The van der Waals surface area contributed by atoms with E-state index in [9.17, 15) is 19.5 Å². The van der Waals surface area contributed by atoms with Crippen LogP contribution < -0.4 is 5.32 Å². The van der Waals surface area contributed by atoms with E-state index in [0.717, 1.165) is 16.7 Å². The maximum Gasteiger partial charge on any atom is 0.293 e. The molecule has 24 heavy (non-hydrogen) atoms. The quantitative estimate of drug-likeness (QED) is 0.756. The van der Waals surface area contributed by atoms with Crippen LogP contribution in [0.4, 0.5) is 4.79 Å². The molecule has 3 rings (SSSR count). The summed E-state index contributed by atoms with van der Waals surface area (Å²) in [4.78, 5) is 37.5. The minimum Gasteiger partial charge on any atom is -0.465 e. The zero-order valence-electron chi connectivity index (χ0n) is 12.6. The van der Waals surface area contributed by atoms with E-state index in [2.05, 4.69) is 5.32 Å². The highest BCUT2D eigenvalue weighted by molar-refractivity contribution is 8.18. The number of thioether (sulfide) groups is 2. The molecule has 2 atom stereocenters. The Morgan fingerprint density at radius 3 is 2.96 bits per heavy atom. The van der Waals surface area contributed by atoms with Gasteiger partial charge in [0.25, 0.3) is 11.1 Å². The van der Waals surface area contributed by atoms with E-state index in [1.54, 1.807) is 23.9 Å². The first kappa shape index (κ1) is 17.1. The Hall–Kier alpha value is -1.71. The summed E-state index contributed by atoms with van der Waals surface area (Å²) < 4.78 is 5.14. The van der Waals surface area contributed by atoms with Crippen LogP contribution in [0.2, 0.25) is 0 Å². The molecule has 2 saturated heterocycles. The topological polar surface area (TPSA) is 99.9 Å². The number of hydrogen-bond acceptors (Lipinski definition) is 7. The molecular weight excluding hydrogens is 352 g/mol. The summed E-state index contributed by atoms with van der Waals surface area (Å²) >= 11 is 2.40. The lowest BCUT2D eigenvalue weighted by atomic mass is 10.2. The van der Waals surface area contributed by atoms with Gasteiger partial charge < -0.3 is 14.8 Å². The lowest BCUT2D eigenvalue weighted by molar-refractivity contribution is -0.124. The van der Waals surface area contributed by atoms with Crippen LogP contribution in [0, 0.1) is 0 Å². The number of aliphatic hydroxyl groups excluding tert-OH is 1. The summed E-state index contributed by atoms with van der Waals surface area (Å²) in [6, 6.07) is 3.11. The molecule has 7 nitrogen and oxygen atoms in total. The number of hydrogen-bond donors (Lipinski definition) is 2. The zero-order chi connectivity index (χ0) is 17.1. The van der Waals surface area contributed by atoms with Gasteiger partial charge >= 0.3 is 0 Å². The Balaban J connectivity index is 1.54. The van der Waals surface area contributed by atoms with Gasteiger partial charge in [-0.05, 0) is 23.9 Å². The maximum absolute atomic E-state index is 12.3. The predicted octanol–water partition coefficient (Wildman–Crippen LogP) is 1.30. The monoisotopic (exact) mass is 368 g/mol. The Morgan fingerprint density at radius 1 is 1.46 bits per heavy atom. The van der Waals surface area contributed by atoms with Crippen molar-refractivity contribution in [1.82, 2.24) is 10.2 Å². The molecule has 2 aliphatic rings. The molecule has 2 N–H and O–H groups in total. The standard InChI is InChI=1S/C15H16N2O5S2/c18-11-8-23-7-10(11)16-13(19)3-4-17-14(20)12(24-15(17)21)6-9-2-1-5-22-9/h1-2,5-6,10-11,18H,3-4,7-8H2,(H,16,19)/b12-6-/t10-,11-/m1/s1. The van der Waals surface area contributed by atoms with Gasteiger partial charge in [0.1, 0.15) is 5.76 Å². The van der Waals surface area contributed by atoms with Crippen molar-refractivity contribution >= 4 is 46.7 Å². The Morgan fingerprint density at radius 2 is 2.29 bits per heavy atom. The molecule has 0 bridgehead atoms. The summed E-state index contributed by atoms with van der Waals surface area (Å²) in [5, 5.41) is 12.0. The van der Waals surface area contributed by atoms with Gasteiger partial charge in [0.05, 0.1) is 23.3 Å². The van der Waals surface area contributed by atoms with Gasteiger partial charge in [-0.3, -0.25) is 19.3 Å². The Bertz CT molecular complexity index is 673. The van der Waals surface area contributed by atoms with E-state index in [1.807, 2.05) is 0 Å². The van der Waals surface area contributed by atoms with Gasteiger partial charge in [-0.25, -0.2) is 0 Å². The number of carbonyl (C=O) groups is 3. The van der Waals surface area contributed by atoms with Crippen molar-refractivity contribution in [2.75, 3.05) is 18.1 Å².